The first kappa shape index (κ1) is 19.0. The van der Waals surface area contributed by atoms with Gasteiger partial charge in [0, 0.05) is 48.9 Å². The highest BCUT2D eigenvalue weighted by atomic mass is 16.5. The average molecular weight is 398 g/mol. The van der Waals surface area contributed by atoms with Crippen molar-refractivity contribution in [3.8, 4) is 0 Å². The van der Waals surface area contributed by atoms with Crippen LogP contribution >= 0.6 is 0 Å². The fourth-order valence-corrected chi connectivity index (χ4v) is 4.77. The van der Waals surface area contributed by atoms with E-state index in [4.69, 9.17) is 13.9 Å². The summed E-state index contributed by atoms with van der Waals surface area (Å²) >= 11 is 0. The standard InChI is InChI=1S/C24H31NO4/c1-3-18-20(25(14-15-4-5-15)17-8-10-28-11-9-17)13-22-19(23(18)24(26)27-2)12-21(29-22)16-6-7-16/h12-13,15-17H,3-11,14H2,1-2H3. The molecule has 0 bridgehead atoms. The molecule has 1 saturated heterocycles. The van der Waals surface area contributed by atoms with Crippen molar-refractivity contribution in [3.05, 3.63) is 29.0 Å². The van der Waals surface area contributed by atoms with Crippen molar-refractivity contribution in [1.29, 1.82) is 0 Å². The Morgan fingerprint density at radius 1 is 1.14 bits per heavy atom. The van der Waals surface area contributed by atoms with Gasteiger partial charge in [-0.3, -0.25) is 0 Å². The summed E-state index contributed by atoms with van der Waals surface area (Å²) in [6.07, 6.45) is 7.83. The minimum Gasteiger partial charge on any atom is -0.465 e. The predicted molar refractivity (Wildman–Crippen MR) is 113 cm³/mol. The molecule has 1 aliphatic heterocycles. The van der Waals surface area contributed by atoms with Gasteiger partial charge in [-0.1, -0.05) is 6.92 Å². The van der Waals surface area contributed by atoms with E-state index in [0.717, 1.165) is 72.9 Å². The molecule has 1 aromatic heterocycles. The number of anilines is 1. The topological polar surface area (TPSA) is 51.9 Å². The van der Waals surface area contributed by atoms with Crippen molar-refractivity contribution in [2.24, 2.45) is 5.92 Å². The number of fused-ring (bicyclic) bond motifs is 1. The largest absolute Gasteiger partial charge is 0.465 e. The van der Waals surface area contributed by atoms with Crippen molar-refractivity contribution < 1.29 is 18.7 Å². The Labute approximate surface area is 172 Å². The van der Waals surface area contributed by atoms with Crippen molar-refractivity contribution in [3.63, 3.8) is 0 Å². The average Bonchev–Trinajstić information content (AvgIpc) is 3.69. The molecule has 2 heterocycles. The van der Waals surface area contributed by atoms with E-state index >= 15 is 0 Å². The Hall–Kier alpha value is -2.01. The lowest BCUT2D eigenvalue weighted by Crippen LogP contribution is -2.41. The van der Waals surface area contributed by atoms with Crippen LogP contribution in [0.25, 0.3) is 11.0 Å². The Balaban J connectivity index is 1.66. The fraction of sp³-hybridized carbons (Fsp3) is 0.625. The number of methoxy groups -OCH3 is 1. The summed E-state index contributed by atoms with van der Waals surface area (Å²) in [5.74, 6) is 2.04. The summed E-state index contributed by atoms with van der Waals surface area (Å²) in [5.41, 5.74) is 3.79. The van der Waals surface area contributed by atoms with Crippen LogP contribution in [-0.4, -0.2) is 38.9 Å². The van der Waals surface area contributed by atoms with Gasteiger partial charge in [0.15, 0.2) is 0 Å². The quantitative estimate of drug-likeness (QED) is 0.612. The second-order valence-electron chi connectivity index (χ2n) is 8.87. The van der Waals surface area contributed by atoms with Crippen LogP contribution < -0.4 is 4.90 Å². The third kappa shape index (κ3) is 3.65. The van der Waals surface area contributed by atoms with Crippen molar-refractivity contribution in [2.45, 2.75) is 63.8 Å². The van der Waals surface area contributed by atoms with Crippen LogP contribution in [0.1, 0.15) is 73.0 Å². The Morgan fingerprint density at radius 2 is 1.90 bits per heavy atom. The normalized spacial score (nSPS) is 20.2. The number of furan rings is 1. The summed E-state index contributed by atoms with van der Waals surface area (Å²) < 4.78 is 17.1. The summed E-state index contributed by atoms with van der Waals surface area (Å²) in [7, 11) is 1.47. The first-order valence-corrected chi connectivity index (χ1v) is 11.2. The number of nitrogens with zero attached hydrogens (tertiary/aromatic N) is 1. The van der Waals surface area contributed by atoms with Gasteiger partial charge in [0.1, 0.15) is 11.3 Å². The van der Waals surface area contributed by atoms with Crippen LogP contribution in [0, 0.1) is 5.92 Å². The predicted octanol–water partition coefficient (Wildman–Crippen LogP) is 5.05. The van der Waals surface area contributed by atoms with Crippen molar-refractivity contribution >= 4 is 22.6 Å². The van der Waals surface area contributed by atoms with Gasteiger partial charge >= 0.3 is 5.97 Å². The zero-order valence-electron chi connectivity index (χ0n) is 17.5. The smallest absolute Gasteiger partial charge is 0.338 e. The maximum absolute atomic E-state index is 12.9. The number of hydrogen-bond acceptors (Lipinski definition) is 5. The molecule has 2 aromatic rings. The molecule has 5 nitrogen and oxygen atoms in total. The third-order valence-electron chi connectivity index (χ3n) is 6.74. The number of rotatable bonds is 7. The molecule has 29 heavy (non-hydrogen) atoms. The zero-order valence-corrected chi connectivity index (χ0v) is 17.5. The van der Waals surface area contributed by atoms with Crippen molar-refractivity contribution in [1.82, 2.24) is 0 Å². The van der Waals surface area contributed by atoms with E-state index in [1.54, 1.807) is 0 Å². The molecule has 2 aliphatic carbocycles. The molecule has 0 unspecified atom stereocenters. The molecule has 5 rings (SSSR count). The lowest BCUT2D eigenvalue weighted by atomic mass is 9.95. The van der Waals surface area contributed by atoms with E-state index < -0.39 is 0 Å². The Morgan fingerprint density at radius 3 is 2.52 bits per heavy atom. The molecular formula is C24H31NO4. The minimum absolute atomic E-state index is 0.254. The van der Waals surface area contributed by atoms with E-state index in [9.17, 15) is 4.79 Å². The lowest BCUT2D eigenvalue weighted by molar-refractivity contribution is 0.0601. The van der Waals surface area contributed by atoms with Gasteiger partial charge in [0.05, 0.1) is 12.7 Å². The van der Waals surface area contributed by atoms with E-state index in [1.807, 2.05) is 0 Å². The molecule has 156 valence electrons. The van der Waals surface area contributed by atoms with E-state index in [2.05, 4.69) is 24.0 Å². The van der Waals surface area contributed by atoms with Crippen LogP contribution in [0.15, 0.2) is 16.5 Å². The Bertz CT molecular complexity index is 903. The number of carbonyl (C=O) groups excluding carboxylic acids is 1. The molecule has 2 saturated carbocycles. The number of ether oxygens (including phenoxy) is 2. The maximum atomic E-state index is 12.9. The highest BCUT2D eigenvalue weighted by Crippen LogP contribution is 2.45. The van der Waals surface area contributed by atoms with Gasteiger partial charge in [-0.25, -0.2) is 4.79 Å². The summed E-state index contributed by atoms with van der Waals surface area (Å²) in [5, 5.41) is 0.915. The number of benzene rings is 1. The molecule has 3 fully saturated rings. The third-order valence-corrected chi connectivity index (χ3v) is 6.74. The highest BCUT2D eigenvalue weighted by Gasteiger charge is 2.34. The van der Waals surface area contributed by atoms with Gasteiger partial charge in [-0.2, -0.15) is 0 Å². The first-order chi connectivity index (χ1) is 14.2. The van der Waals surface area contributed by atoms with Crippen LogP contribution in [0.5, 0.6) is 0 Å². The molecule has 0 spiro atoms. The molecular weight excluding hydrogens is 366 g/mol. The van der Waals surface area contributed by atoms with Gasteiger partial charge in [0.2, 0.25) is 0 Å². The van der Waals surface area contributed by atoms with Crippen LogP contribution in [0.4, 0.5) is 5.69 Å². The molecule has 0 atom stereocenters. The monoisotopic (exact) mass is 397 g/mol. The van der Waals surface area contributed by atoms with E-state index in [-0.39, 0.29) is 5.97 Å². The van der Waals surface area contributed by atoms with Crippen LogP contribution in [-0.2, 0) is 15.9 Å². The second kappa shape index (κ2) is 7.67. The zero-order chi connectivity index (χ0) is 20.0. The summed E-state index contributed by atoms with van der Waals surface area (Å²) in [6, 6.07) is 4.74. The first-order valence-electron chi connectivity index (χ1n) is 11.2. The molecule has 0 amide bonds. The van der Waals surface area contributed by atoms with Crippen LogP contribution in [0.2, 0.25) is 0 Å². The fourth-order valence-electron chi connectivity index (χ4n) is 4.77. The molecule has 5 heteroatoms. The second-order valence-corrected chi connectivity index (χ2v) is 8.87. The number of carbonyl (C=O) groups is 1. The van der Waals surface area contributed by atoms with Gasteiger partial charge in [-0.05, 0) is 62.5 Å². The summed E-state index contributed by atoms with van der Waals surface area (Å²) in [6.45, 7) is 4.82. The van der Waals surface area contributed by atoms with Crippen molar-refractivity contribution in [2.75, 3.05) is 31.8 Å². The van der Waals surface area contributed by atoms with Gasteiger partial charge < -0.3 is 18.8 Å². The molecule has 0 radical (unpaired) electrons. The maximum Gasteiger partial charge on any atom is 0.338 e. The lowest BCUT2D eigenvalue weighted by Gasteiger charge is -2.37. The molecule has 3 aliphatic rings. The molecule has 0 N–H and O–H groups in total. The van der Waals surface area contributed by atoms with E-state index in [0.29, 0.717) is 17.5 Å². The molecule has 1 aromatic carbocycles. The van der Waals surface area contributed by atoms with E-state index in [1.165, 1.54) is 32.8 Å². The van der Waals surface area contributed by atoms with Gasteiger partial charge in [0.25, 0.3) is 0 Å². The van der Waals surface area contributed by atoms with Gasteiger partial charge in [-0.15, -0.1) is 0 Å². The highest BCUT2D eigenvalue weighted by molar-refractivity contribution is 6.07. The number of hydrogen-bond donors (Lipinski definition) is 0. The Kier molecular flexibility index (Phi) is 5.02. The minimum atomic E-state index is -0.254. The summed E-state index contributed by atoms with van der Waals surface area (Å²) in [4.78, 5) is 15.4. The number of esters is 1. The SMILES string of the molecule is CCc1c(N(CC2CC2)C2CCOCC2)cc2oc(C3CC3)cc2c1C(=O)OC. The van der Waals surface area contributed by atoms with Crippen LogP contribution in [0.3, 0.4) is 0 Å².